The molecule has 0 saturated heterocycles. The third kappa shape index (κ3) is 16.7. The predicted molar refractivity (Wildman–Crippen MR) is 313 cm³/mol. The van der Waals surface area contributed by atoms with Gasteiger partial charge in [0, 0.05) is 57.2 Å². The van der Waals surface area contributed by atoms with Gasteiger partial charge >= 0.3 is 0 Å². The lowest BCUT2D eigenvalue weighted by Gasteiger charge is -2.44. The molecule has 16 atom stereocenters. The first-order chi connectivity index (χ1) is 38.2. The number of nitrogens with zero attached hydrogens (tertiary/aromatic N) is 1. The summed E-state index contributed by atoms with van der Waals surface area (Å²) < 4.78 is 0. The Labute approximate surface area is 473 Å². The van der Waals surface area contributed by atoms with Gasteiger partial charge in [0.1, 0.15) is 6.29 Å². The third-order valence-corrected chi connectivity index (χ3v) is 22.8. The van der Waals surface area contributed by atoms with Crippen LogP contribution in [0, 0.1) is 94.7 Å². The molecule has 10 nitrogen and oxygen atoms in total. The summed E-state index contributed by atoms with van der Waals surface area (Å²) in [5, 5.41) is 9.78. The van der Waals surface area contributed by atoms with E-state index >= 15 is 0 Å². The van der Waals surface area contributed by atoms with Crippen LogP contribution in [0.3, 0.4) is 0 Å². The average Bonchev–Trinajstić information content (AvgIpc) is 4.52. The Morgan fingerprint density at radius 2 is 0.897 bits per heavy atom. The first-order valence-electron chi connectivity index (χ1n) is 33.6. The van der Waals surface area contributed by atoms with Crippen molar-refractivity contribution in [2.24, 2.45) is 94.7 Å². The van der Waals surface area contributed by atoms with Gasteiger partial charge in [-0.1, -0.05) is 142 Å². The van der Waals surface area contributed by atoms with Crippen molar-refractivity contribution in [3.8, 4) is 0 Å². The van der Waals surface area contributed by atoms with Crippen molar-refractivity contribution in [3.63, 3.8) is 0 Å². The van der Waals surface area contributed by atoms with E-state index in [2.05, 4.69) is 29.8 Å². The molecule has 1 aliphatic heterocycles. The lowest BCUT2D eigenvalue weighted by molar-refractivity contribution is -0.138. The van der Waals surface area contributed by atoms with Crippen molar-refractivity contribution in [1.29, 1.82) is 0 Å². The maximum atomic E-state index is 13.1. The number of amides is 5. The number of rotatable bonds is 38. The Bertz CT molecular complexity index is 1950. The summed E-state index contributed by atoms with van der Waals surface area (Å²) in [6.07, 6.45) is 51.5. The Hall–Kier alpha value is -3.30. The van der Waals surface area contributed by atoms with Crippen molar-refractivity contribution < 1.29 is 28.8 Å². The Balaban J connectivity index is 0.711. The number of imide groups is 1. The smallest absolute Gasteiger partial charge is 0.253 e. The predicted octanol–water partition coefficient (Wildman–Crippen LogP) is 14.1. The number of hydrogen-bond donors (Lipinski definition) is 3. The van der Waals surface area contributed by atoms with Gasteiger partial charge in [0.2, 0.25) is 17.7 Å². The summed E-state index contributed by atoms with van der Waals surface area (Å²) in [7, 11) is 0. The Kier molecular flexibility index (Phi) is 24.8. The quantitative estimate of drug-likeness (QED) is 0.0243. The first kappa shape index (κ1) is 60.8. The zero-order valence-electron chi connectivity index (χ0n) is 49.3. The minimum absolute atomic E-state index is 0.144. The lowest BCUT2D eigenvalue weighted by Crippen LogP contribution is -2.39. The van der Waals surface area contributed by atoms with Crippen LogP contribution in [0.1, 0.15) is 245 Å². The number of hydrogen-bond acceptors (Lipinski definition) is 6. The summed E-state index contributed by atoms with van der Waals surface area (Å²) >= 11 is 0. The third-order valence-electron chi connectivity index (χ3n) is 22.8. The fourth-order valence-electron chi connectivity index (χ4n) is 19.3. The van der Waals surface area contributed by atoms with Crippen LogP contribution in [0.15, 0.2) is 24.3 Å². The standard InChI is InChI=1S/C68H110N4O6/c1-3-5-7-9-13-19-26-56-48(24-17-8-6-4-2)31-32-49(25-18-12-10-15-21-28-62(74)70-45-54-40-52-42-60(54)58-35-33-50(67(52)58)44-69-64(76)30-23-39-73)57(56)27-20-14-11-16-22-29-63(75)71-46-55-41-53-43-61(55)59-36-34-51(68(53)59)47-72-65(77)37-38-66(72)78/h23,30,37-39,48-61,67-68H,3-22,24-29,31-36,40-47H2,1-2H3,(H,69,76)(H,70,74)(H,71,75)/b30-23-. The van der Waals surface area contributed by atoms with Crippen molar-refractivity contribution in [3.05, 3.63) is 24.3 Å². The van der Waals surface area contributed by atoms with Crippen LogP contribution in [0.5, 0.6) is 0 Å². The molecule has 7 saturated carbocycles. The van der Waals surface area contributed by atoms with Gasteiger partial charge in [-0.05, 0) is 191 Å². The number of carbonyl (C=O) groups is 6. The molecular formula is C68H110N4O6. The normalized spacial score (nSPS) is 33.4. The van der Waals surface area contributed by atoms with Crippen molar-refractivity contribution in [2.75, 3.05) is 26.2 Å². The van der Waals surface area contributed by atoms with Gasteiger partial charge in [0.15, 0.2) is 0 Å². The fourth-order valence-corrected chi connectivity index (χ4v) is 19.3. The molecule has 0 aromatic carbocycles. The van der Waals surface area contributed by atoms with Gasteiger partial charge in [0.25, 0.3) is 11.8 Å². The molecule has 78 heavy (non-hydrogen) atoms. The van der Waals surface area contributed by atoms with E-state index in [9.17, 15) is 28.8 Å². The summed E-state index contributed by atoms with van der Waals surface area (Å²) in [6.45, 7) is 7.63. The Morgan fingerprint density at radius 3 is 1.41 bits per heavy atom. The number of unbranched alkanes of at least 4 members (excludes halogenated alkanes) is 16. The van der Waals surface area contributed by atoms with E-state index in [-0.39, 0.29) is 29.5 Å². The van der Waals surface area contributed by atoms with Crippen molar-refractivity contribution in [2.45, 2.75) is 245 Å². The van der Waals surface area contributed by atoms with E-state index in [1.165, 1.54) is 215 Å². The van der Waals surface area contributed by atoms with E-state index in [4.69, 9.17) is 0 Å². The second-order valence-electron chi connectivity index (χ2n) is 27.4. The van der Waals surface area contributed by atoms with Crippen LogP contribution in [0.2, 0.25) is 0 Å². The van der Waals surface area contributed by atoms with Crippen LogP contribution in [0.4, 0.5) is 0 Å². The number of nitrogens with one attached hydrogen (secondary N) is 3. The summed E-state index contributed by atoms with van der Waals surface area (Å²) in [5.74, 6) is 11.3. The largest absolute Gasteiger partial charge is 0.356 e. The molecule has 8 rings (SSSR count). The molecule has 0 radical (unpaired) electrons. The molecular weight excluding hydrogens is 969 g/mol. The van der Waals surface area contributed by atoms with Gasteiger partial charge in [-0.25, -0.2) is 0 Å². The zero-order valence-corrected chi connectivity index (χ0v) is 49.3. The molecule has 16 unspecified atom stereocenters. The molecule has 1 heterocycles. The van der Waals surface area contributed by atoms with E-state index < -0.39 is 0 Å². The Morgan fingerprint density at radius 1 is 0.474 bits per heavy atom. The monoisotopic (exact) mass is 1080 g/mol. The van der Waals surface area contributed by atoms with E-state index in [0.717, 1.165) is 80.7 Å². The minimum Gasteiger partial charge on any atom is -0.356 e. The molecule has 7 fully saturated rings. The number of aldehydes is 1. The van der Waals surface area contributed by atoms with Gasteiger partial charge in [-0.2, -0.15) is 0 Å². The highest BCUT2D eigenvalue weighted by Crippen LogP contribution is 2.64. The highest BCUT2D eigenvalue weighted by molar-refractivity contribution is 6.12. The fraction of sp³-hybridized carbons (Fsp3) is 0.853. The second kappa shape index (κ2) is 31.8. The molecule has 438 valence electrons. The van der Waals surface area contributed by atoms with Gasteiger partial charge < -0.3 is 16.0 Å². The molecule has 4 bridgehead atoms. The van der Waals surface area contributed by atoms with Crippen LogP contribution >= 0.6 is 0 Å². The highest BCUT2D eigenvalue weighted by Gasteiger charge is 2.58. The molecule has 7 aliphatic carbocycles. The van der Waals surface area contributed by atoms with E-state index in [1.54, 1.807) is 0 Å². The molecule has 0 spiro atoms. The maximum absolute atomic E-state index is 13.1. The SMILES string of the molecule is CCCCCCCCC1C(CCCCCC)CCC(CCCCCCCC(=O)NCC2CC3CC2C2CCC(CNC(=O)/C=C\C=O)C32)C1CCCCCCCC(=O)NCC1CC2CC1C1CCC(CN3C(=O)C=CC3=O)C21. The highest BCUT2D eigenvalue weighted by atomic mass is 16.2. The lowest BCUT2D eigenvalue weighted by atomic mass is 9.61. The molecule has 0 aromatic rings. The molecule has 5 amide bonds. The molecule has 8 aliphatic rings. The van der Waals surface area contributed by atoms with E-state index in [0.29, 0.717) is 91.4 Å². The van der Waals surface area contributed by atoms with Gasteiger partial charge in [-0.15, -0.1) is 0 Å². The zero-order chi connectivity index (χ0) is 54.6. The maximum Gasteiger partial charge on any atom is 0.253 e. The van der Waals surface area contributed by atoms with Gasteiger partial charge in [0.05, 0.1) is 0 Å². The van der Waals surface area contributed by atoms with Crippen LogP contribution in [0.25, 0.3) is 0 Å². The van der Waals surface area contributed by atoms with Crippen LogP contribution < -0.4 is 16.0 Å². The molecule has 3 N–H and O–H groups in total. The summed E-state index contributed by atoms with van der Waals surface area (Å²) in [5.41, 5.74) is 0. The summed E-state index contributed by atoms with van der Waals surface area (Å²) in [4.78, 5) is 74.9. The van der Waals surface area contributed by atoms with E-state index in [1.807, 2.05) is 0 Å². The van der Waals surface area contributed by atoms with Crippen molar-refractivity contribution >= 4 is 35.8 Å². The number of carbonyl (C=O) groups excluding carboxylic acids is 6. The minimum atomic E-state index is -0.170. The first-order valence-corrected chi connectivity index (χ1v) is 33.6. The topological polar surface area (TPSA) is 142 Å². The van der Waals surface area contributed by atoms with Gasteiger partial charge in [-0.3, -0.25) is 33.7 Å². The number of fused-ring (bicyclic) bond motifs is 10. The average molecular weight is 1080 g/mol. The number of allylic oxidation sites excluding steroid dienone is 1. The molecule has 0 aromatic heterocycles. The summed E-state index contributed by atoms with van der Waals surface area (Å²) in [6, 6.07) is 0. The molecule has 10 heteroatoms. The van der Waals surface area contributed by atoms with Crippen LogP contribution in [-0.2, 0) is 28.8 Å². The second-order valence-corrected chi connectivity index (χ2v) is 27.4. The van der Waals surface area contributed by atoms with Crippen LogP contribution in [-0.4, -0.2) is 66.9 Å². The van der Waals surface area contributed by atoms with Crippen molar-refractivity contribution in [1.82, 2.24) is 20.9 Å².